The second-order valence-corrected chi connectivity index (χ2v) is 5.54. The molecule has 3 rings (SSSR count). The molecule has 2 aromatic rings. The van der Waals surface area contributed by atoms with Crippen molar-refractivity contribution in [3.05, 3.63) is 29.7 Å². The molecule has 4 heteroatoms. The number of hydrogen-bond acceptors (Lipinski definition) is 4. The smallest absolute Gasteiger partial charge is 0.198 e. The van der Waals surface area contributed by atoms with E-state index in [2.05, 4.69) is 41.2 Å². The number of fused-ring (bicyclic) bond motifs is 1. The molecule has 2 heterocycles. The summed E-state index contributed by atoms with van der Waals surface area (Å²) in [5.74, 6) is 1.17. The van der Waals surface area contributed by atoms with Gasteiger partial charge >= 0.3 is 0 Å². The molecule has 1 aromatic carbocycles. The van der Waals surface area contributed by atoms with Crippen LogP contribution in [0.4, 0.5) is 0 Å². The Hall–Kier alpha value is -1.39. The lowest BCUT2D eigenvalue weighted by atomic mass is 10.2. The highest BCUT2D eigenvalue weighted by Crippen LogP contribution is 2.22. The van der Waals surface area contributed by atoms with E-state index in [1.807, 2.05) is 6.07 Å². The molecule has 1 aliphatic rings. The molecule has 1 saturated heterocycles. The van der Waals surface area contributed by atoms with Crippen LogP contribution >= 0.6 is 0 Å². The summed E-state index contributed by atoms with van der Waals surface area (Å²) in [7, 11) is 0. The Morgan fingerprint density at radius 2 is 2.11 bits per heavy atom. The minimum Gasteiger partial charge on any atom is -0.440 e. The molecule has 1 N–H and O–H groups in total. The zero-order valence-corrected chi connectivity index (χ0v) is 11.6. The van der Waals surface area contributed by atoms with Crippen molar-refractivity contribution in [1.82, 2.24) is 15.2 Å². The van der Waals surface area contributed by atoms with Gasteiger partial charge in [0.1, 0.15) is 5.52 Å². The van der Waals surface area contributed by atoms with E-state index in [1.54, 1.807) is 0 Å². The molecular formula is C15H21N3O. The van der Waals surface area contributed by atoms with Crippen LogP contribution in [-0.2, 0) is 6.54 Å². The van der Waals surface area contributed by atoms with Gasteiger partial charge in [0, 0.05) is 38.6 Å². The molecule has 102 valence electrons. The predicted molar refractivity (Wildman–Crippen MR) is 76.2 cm³/mol. The maximum Gasteiger partial charge on any atom is 0.198 e. The number of oxazole rings is 1. The van der Waals surface area contributed by atoms with Gasteiger partial charge < -0.3 is 9.73 Å². The van der Waals surface area contributed by atoms with Crippen LogP contribution in [0.2, 0.25) is 0 Å². The molecule has 0 amide bonds. The summed E-state index contributed by atoms with van der Waals surface area (Å²) in [4.78, 5) is 7.04. The molecule has 4 nitrogen and oxygen atoms in total. The van der Waals surface area contributed by atoms with Crippen molar-refractivity contribution in [3.8, 4) is 0 Å². The van der Waals surface area contributed by atoms with Gasteiger partial charge in [-0.2, -0.15) is 0 Å². The van der Waals surface area contributed by atoms with Crippen LogP contribution in [0.25, 0.3) is 11.1 Å². The first-order valence-corrected chi connectivity index (χ1v) is 7.05. The Morgan fingerprint density at radius 1 is 1.32 bits per heavy atom. The third-order valence-corrected chi connectivity index (χ3v) is 3.58. The number of hydrogen-bond donors (Lipinski definition) is 1. The molecule has 0 unspecified atom stereocenters. The van der Waals surface area contributed by atoms with Crippen LogP contribution in [0, 0.1) is 0 Å². The normalized spacial score (nSPS) is 17.4. The summed E-state index contributed by atoms with van der Waals surface area (Å²) < 4.78 is 5.74. The SMILES string of the molecule is CC(C)c1nc2cc(CN3CCNCC3)ccc2o1. The fourth-order valence-electron chi connectivity index (χ4n) is 2.46. The third-order valence-electron chi connectivity index (χ3n) is 3.58. The van der Waals surface area contributed by atoms with Gasteiger partial charge in [-0.15, -0.1) is 0 Å². The molecule has 0 aliphatic carbocycles. The average Bonchev–Trinajstić information content (AvgIpc) is 2.83. The van der Waals surface area contributed by atoms with E-state index in [4.69, 9.17) is 4.42 Å². The van der Waals surface area contributed by atoms with Crippen molar-refractivity contribution in [2.24, 2.45) is 0 Å². The second kappa shape index (κ2) is 5.31. The molecule has 0 saturated carbocycles. The van der Waals surface area contributed by atoms with E-state index < -0.39 is 0 Å². The Kier molecular flexibility index (Phi) is 3.53. The van der Waals surface area contributed by atoms with E-state index in [-0.39, 0.29) is 0 Å². The molecule has 1 fully saturated rings. The minimum absolute atomic E-state index is 0.337. The largest absolute Gasteiger partial charge is 0.440 e. The van der Waals surface area contributed by atoms with Crippen molar-refractivity contribution in [2.45, 2.75) is 26.3 Å². The van der Waals surface area contributed by atoms with Crippen molar-refractivity contribution < 1.29 is 4.42 Å². The van der Waals surface area contributed by atoms with Crippen molar-refractivity contribution in [3.63, 3.8) is 0 Å². The first-order valence-electron chi connectivity index (χ1n) is 7.05. The number of aromatic nitrogens is 1. The van der Waals surface area contributed by atoms with Gasteiger partial charge in [0.25, 0.3) is 0 Å². The predicted octanol–water partition coefficient (Wildman–Crippen LogP) is 2.36. The van der Waals surface area contributed by atoms with Crippen LogP contribution in [-0.4, -0.2) is 36.1 Å². The standard InChI is InChI=1S/C15H21N3O/c1-11(2)15-17-13-9-12(3-4-14(13)19-15)10-18-7-5-16-6-8-18/h3-4,9,11,16H,5-8,10H2,1-2H3. The Morgan fingerprint density at radius 3 is 2.84 bits per heavy atom. The second-order valence-electron chi connectivity index (χ2n) is 5.54. The Bertz CT molecular complexity index is 556. The monoisotopic (exact) mass is 259 g/mol. The molecule has 19 heavy (non-hydrogen) atoms. The molecule has 0 spiro atoms. The number of nitrogens with zero attached hydrogens (tertiary/aromatic N) is 2. The number of benzene rings is 1. The van der Waals surface area contributed by atoms with E-state index >= 15 is 0 Å². The molecule has 0 radical (unpaired) electrons. The fraction of sp³-hybridized carbons (Fsp3) is 0.533. The van der Waals surface area contributed by atoms with Gasteiger partial charge in [-0.1, -0.05) is 19.9 Å². The lowest BCUT2D eigenvalue weighted by Crippen LogP contribution is -2.42. The van der Waals surface area contributed by atoms with E-state index in [0.29, 0.717) is 5.92 Å². The van der Waals surface area contributed by atoms with E-state index in [9.17, 15) is 0 Å². The van der Waals surface area contributed by atoms with Gasteiger partial charge in [-0.05, 0) is 17.7 Å². The van der Waals surface area contributed by atoms with Crippen molar-refractivity contribution >= 4 is 11.1 Å². The van der Waals surface area contributed by atoms with Gasteiger partial charge in [0.15, 0.2) is 11.5 Å². The van der Waals surface area contributed by atoms with Crippen LogP contribution in [0.5, 0.6) is 0 Å². The molecule has 1 aliphatic heterocycles. The van der Waals surface area contributed by atoms with E-state index in [0.717, 1.165) is 49.7 Å². The van der Waals surface area contributed by atoms with Gasteiger partial charge in [0.2, 0.25) is 0 Å². The Labute approximate surface area is 113 Å². The number of rotatable bonds is 3. The summed E-state index contributed by atoms with van der Waals surface area (Å²) in [6.45, 7) is 9.62. The lowest BCUT2D eigenvalue weighted by molar-refractivity contribution is 0.233. The van der Waals surface area contributed by atoms with Crippen LogP contribution < -0.4 is 5.32 Å². The molecule has 0 atom stereocenters. The van der Waals surface area contributed by atoms with E-state index in [1.165, 1.54) is 5.56 Å². The van der Waals surface area contributed by atoms with Gasteiger partial charge in [0.05, 0.1) is 0 Å². The van der Waals surface area contributed by atoms with Crippen molar-refractivity contribution in [1.29, 1.82) is 0 Å². The lowest BCUT2D eigenvalue weighted by Gasteiger charge is -2.27. The summed E-state index contributed by atoms with van der Waals surface area (Å²) in [5.41, 5.74) is 3.20. The number of piperazine rings is 1. The maximum absolute atomic E-state index is 5.74. The topological polar surface area (TPSA) is 41.3 Å². The molecular weight excluding hydrogens is 238 g/mol. The van der Waals surface area contributed by atoms with Crippen LogP contribution in [0.15, 0.2) is 22.6 Å². The average molecular weight is 259 g/mol. The van der Waals surface area contributed by atoms with Crippen LogP contribution in [0.1, 0.15) is 31.2 Å². The summed E-state index contributed by atoms with van der Waals surface area (Å²) in [6, 6.07) is 6.36. The first-order chi connectivity index (χ1) is 9.22. The highest BCUT2D eigenvalue weighted by atomic mass is 16.3. The minimum atomic E-state index is 0.337. The quantitative estimate of drug-likeness (QED) is 0.918. The summed E-state index contributed by atoms with van der Waals surface area (Å²) in [6.07, 6.45) is 0. The summed E-state index contributed by atoms with van der Waals surface area (Å²) >= 11 is 0. The van der Waals surface area contributed by atoms with Gasteiger partial charge in [-0.25, -0.2) is 4.98 Å². The highest BCUT2D eigenvalue weighted by Gasteiger charge is 2.12. The maximum atomic E-state index is 5.74. The zero-order valence-electron chi connectivity index (χ0n) is 11.6. The summed E-state index contributed by atoms with van der Waals surface area (Å²) in [5, 5.41) is 3.38. The van der Waals surface area contributed by atoms with Crippen molar-refractivity contribution in [2.75, 3.05) is 26.2 Å². The molecule has 0 bridgehead atoms. The van der Waals surface area contributed by atoms with Gasteiger partial charge in [-0.3, -0.25) is 4.90 Å². The number of nitrogens with one attached hydrogen (secondary N) is 1. The Balaban J connectivity index is 1.80. The van der Waals surface area contributed by atoms with Crippen LogP contribution in [0.3, 0.4) is 0 Å². The fourth-order valence-corrected chi connectivity index (χ4v) is 2.46. The molecule has 1 aromatic heterocycles. The third kappa shape index (κ3) is 2.80. The zero-order chi connectivity index (χ0) is 13.2. The highest BCUT2D eigenvalue weighted by molar-refractivity contribution is 5.73. The first kappa shape index (κ1) is 12.6.